The Hall–Kier alpha value is -2.42. The van der Waals surface area contributed by atoms with E-state index in [1.54, 1.807) is 31.4 Å². The third kappa shape index (κ3) is 3.63. The maximum absolute atomic E-state index is 13.0. The van der Waals surface area contributed by atoms with E-state index in [4.69, 9.17) is 4.74 Å². The molecule has 1 aromatic heterocycles. The van der Waals surface area contributed by atoms with Gasteiger partial charge in [-0.2, -0.15) is 5.06 Å². The summed E-state index contributed by atoms with van der Waals surface area (Å²) in [7, 11) is -1.89. The predicted octanol–water partition coefficient (Wildman–Crippen LogP) is 3.26. The number of hydrogen-bond acceptors (Lipinski definition) is 6. The maximum atomic E-state index is 13.0. The van der Waals surface area contributed by atoms with Gasteiger partial charge in [0.1, 0.15) is 11.6 Å². The number of imidazole rings is 1. The molecule has 1 aliphatic heterocycles. The van der Waals surface area contributed by atoms with Crippen molar-refractivity contribution in [2.45, 2.75) is 29.4 Å². The summed E-state index contributed by atoms with van der Waals surface area (Å²) in [5.41, 5.74) is 2.47. The number of H-pyrrole nitrogens is 1. The van der Waals surface area contributed by atoms with Crippen molar-refractivity contribution >= 4 is 20.9 Å². The van der Waals surface area contributed by atoms with Crippen LogP contribution < -0.4 is 4.74 Å². The van der Waals surface area contributed by atoms with Crippen LogP contribution in [0.1, 0.15) is 19.3 Å². The van der Waals surface area contributed by atoms with Gasteiger partial charge in [-0.05, 0) is 49.2 Å². The van der Waals surface area contributed by atoms with Gasteiger partial charge in [0.25, 0.3) is 0 Å². The number of fused-ring (bicyclic) bond motifs is 1. The summed E-state index contributed by atoms with van der Waals surface area (Å²) in [6.45, 7) is 0.664. The summed E-state index contributed by atoms with van der Waals surface area (Å²) in [5.74, 6) is 1.41. The first kappa shape index (κ1) is 18.9. The molecule has 1 atom stereocenters. The van der Waals surface area contributed by atoms with Gasteiger partial charge in [-0.1, -0.05) is 6.42 Å². The number of nitrogens with zero attached hydrogens (tertiary/aromatic N) is 2. The Morgan fingerprint density at radius 2 is 1.96 bits per heavy atom. The number of methoxy groups -OCH3 is 1. The van der Waals surface area contributed by atoms with Gasteiger partial charge in [-0.25, -0.2) is 13.4 Å². The highest BCUT2D eigenvalue weighted by Crippen LogP contribution is 2.27. The molecule has 2 N–H and O–H groups in total. The largest absolute Gasteiger partial charge is 0.497 e. The molecule has 0 aliphatic carbocycles. The molecule has 7 nitrogen and oxygen atoms in total. The van der Waals surface area contributed by atoms with E-state index < -0.39 is 15.1 Å². The minimum atomic E-state index is -3.50. The van der Waals surface area contributed by atoms with Crippen molar-refractivity contribution in [2.24, 2.45) is 0 Å². The molecule has 0 spiro atoms. The van der Waals surface area contributed by atoms with Gasteiger partial charge in [0.05, 0.1) is 28.3 Å². The Balaban J connectivity index is 1.61. The topological polar surface area (TPSA) is 95.5 Å². The second kappa shape index (κ2) is 7.54. The van der Waals surface area contributed by atoms with Crippen LogP contribution in [0, 0.1) is 0 Å². The van der Waals surface area contributed by atoms with E-state index in [9.17, 15) is 13.6 Å². The first-order valence-corrected chi connectivity index (χ1v) is 10.8. The first-order valence-electron chi connectivity index (χ1n) is 9.29. The van der Waals surface area contributed by atoms with Crippen molar-refractivity contribution < 1.29 is 18.4 Å². The molecule has 0 amide bonds. The van der Waals surface area contributed by atoms with E-state index >= 15 is 0 Å². The smallest absolute Gasteiger partial charge is 0.182 e. The summed E-state index contributed by atoms with van der Waals surface area (Å²) in [6.07, 6.45) is 2.16. The number of ether oxygens (including phenoxy) is 1. The van der Waals surface area contributed by atoms with Crippen molar-refractivity contribution in [2.75, 3.05) is 20.2 Å². The highest BCUT2D eigenvalue weighted by Gasteiger charge is 2.30. The Morgan fingerprint density at radius 1 is 1.18 bits per heavy atom. The zero-order valence-corrected chi connectivity index (χ0v) is 16.4. The summed E-state index contributed by atoms with van der Waals surface area (Å²) in [4.78, 5) is 8.08. The second-order valence-corrected chi connectivity index (χ2v) is 9.30. The monoisotopic (exact) mass is 401 g/mol. The molecule has 28 heavy (non-hydrogen) atoms. The van der Waals surface area contributed by atoms with Crippen LogP contribution in [0.3, 0.4) is 0 Å². The van der Waals surface area contributed by atoms with Crippen LogP contribution in [-0.2, 0) is 9.84 Å². The van der Waals surface area contributed by atoms with Crippen molar-refractivity contribution in [3.63, 3.8) is 0 Å². The summed E-state index contributed by atoms with van der Waals surface area (Å²) in [6, 6.07) is 12.3. The fraction of sp³-hybridized carbons (Fsp3) is 0.350. The van der Waals surface area contributed by atoms with Gasteiger partial charge in [-0.3, -0.25) is 0 Å². The molecule has 0 bridgehead atoms. The summed E-state index contributed by atoms with van der Waals surface area (Å²) in [5, 5.41) is 10.3. The molecule has 2 aromatic carbocycles. The van der Waals surface area contributed by atoms with E-state index in [0.717, 1.165) is 40.3 Å². The zero-order chi connectivity index (χ0) is 19.7. The Bertz CT molecular complexity index is 1080. The first-order chi connectivity index (χ1) is 13.5. The van der Waals surface area contributed by atoms with Crippen LogP contribution in [-0.4, -0.2) is 54.1 Å². The maximum Gasteiger partial charge on any atom is 0.182 e. The molecule has 1 aliphatic rings. The molecule has 1 fully saturated rings. The fourth-order valence-electron chi connectivity index (χ4n) is 3.58. The number of aromatic nitrogens is 2. The van der Waals surface area contributed by atoms with Crippen molar-refractivity contribution in [1.82, 2.24) is 15.0 Å². The Kier molecular flexibility index (Phi) is 5.09. The molecule has 4 rings (SSSR count). The van der Waals surface area contributed by atoms with Gasteiger partial charge in [0.2, 0.25) is 0 Å². The van der Waals surface area contributed by atoms with Crippen LogP contribution in [0.15, 0.2) is 47.4 Å². The van der Waals surface area contributed by atoms with E-state index in [1.165, 1.54) is 0 Å². The quantitative estimate of drug-likeness (QED) is 0.697. The average Bonchev–Trinajstić information content (AvgIpc) is 3.00. The highest BCUT2D eigenvalue weighted by molar-refractivity contribution is 7.92. The third-order valence-electron chi connectivity index (χ3n) is 5.19. The van der Waals surface area contributed by atoms with E-state index in [2.05, 4.69) is 9.97 Å². The number of hydroxylamine groups is 2. The summed E-state index contributed by atoms with van der Waals surface area (Å²) < 4.78 is 31.2. The van der Waals surface area contributed by atoms with Crippen molar-refractivity contribution in [3.8, 4) is 17.1 Å². The molecule has 0 radical (unpaired) electrons. The number of hydrogen-bond donors (Lipinski definition) is 2. The number of nitrogens with one attached hydrogen (secondary N) is 1. The standard InChI is InChI=1S/C20H23N3O4S/c1-27-15-7-10-18-19(12-15)22-20(21-18)14-5-8-16(9-6-14)28(25,26)17-4-2-3-11-23(24)13-17/h5-10,12,17,24H,2-4,11,13H2,1H3,(H,21,22). The normalized spacial score (nSPS) is 18.9. The molecule has 0 saturated carbocycles. The van der Waals surface area contributed by atoms with Crippen molar-refractivity contribution in [3.05, 3.63) is 42.5 Å². The molecular formula is C20H23N3O4S. The number of aromatic amines is 1. The lowest BCUT2D eigenvalue weighted by Gasteiger charge is -2.19. The van der Waals surface area contributed by atoms with Crippen LogP contribution in [0.5, 0.6) is 5.75 Å². The minimum Gasteiger partial charge on any atom is -0.497 e. The van der Waals surface area contributed by atoms with Gasteiger partial charge in [0.15, 0.2) is 9.84 Å². The number of benzene rings is 2. The van der Waals surface area contributed by atoms with Crippen molar-refractivity contribution in [1.29, 1.82) is 0 Å². The Morgan fingerprint density at radius 3 is 2.71 bits per heavy atom. The molecule has 2 heterocycles. The third-order valence-corrected chi connectivity index (χ3v) is 7.38. The minimum absolute atomic E-state index is 0.148. The SMILES string of the molecule is COc1ccc2nc(-c3ccc(S(=O)(=O)C4CCCCN(O)C4)cc3)[nH]c2c1. The van der Waals surface area contributed by atoms with E-state index in [0.29, 0.717) is 18.8 Å². The molecule has 148 valence electrons. The lowest BCUT2D eigenvalue weighted by molar-refractivity contribution is -0.0866. The molecule has 1 saturated heterocycles. The zero-order valence-electron chi connectivity index (χ0n) is 15.6. The molecular weight excluding hydrogens is 378 g/mol. The number of sulfone groups is 1. The van der Waals surface area contributed by atoms with Gasteiger partial charge < -0.3 is 14.9 Å². The Labute approximate surface area is 163 Å². The number of rotatable bonds is 4. The van der Waals surface area contributed by atoms with E-state index in [1.807, 2.05) is 18.2 Å². The molecule has 3 aromatic rings. The van der Waals surface area contributed by atoms with Gasteiger partial charge >= 0.3 is 0 Å². The van der Waals surface area contributed by atoms with Gasteiger partial charge in [-0.15, -0.1) is 0 Å². The molecule has 8 heteroatoms. The average molecular weight is 401 g/mol. The fourth-order valence-corrected chi connectivity index (χ4v) is 5.33. The van der Waals surface area contributed by atoms with Crippen LogP contribution in [0.25, 0.3) is 22.4 Å². The second-order valence-electron chi connectivity index (χ2n) is 7.07. The highest BCUT2D eigenvalue weighted by atomic mass is 32.2. The molecule has 1 unspecified atom stereocenters. The summed E-state index contributed by atoms with van der Waals surface area (Å²) >= 11 is 0. The predicted molar refractivity (Wildman–Crippen MR) is 106 cm³/mol. The van der Waals surface area contributed by atoms with Crippen LogP contribution in [0.4, 0.5) is 0 Å². The lowest BCUT2D eigenvalue weighted by atomic mass is 10.2. The lowest BCUT2D eigenvalue weighted by Crippen LogP contribution is -2.33. The van der Waals surface area contributed by atoms with E-state index in [-0.39, 0.29) is 11.4 Å². The van der Waals surface area contributed by atoms with Crippen LogP contribution >= 0.6 is 0 Å². The van der Waals surface area contributed by atoms with Crippen LogP contribution in [0.2, 0.25) is 0 Å². The van der Waals surface area contributed by atoms with Gasteiger partial charge in [0, 0.05) is 24.7 Å².